The standard InChI is InChI=1S/C8H7BrN2O/c9-5-2-1-3-6-8(5)12-4-7(10)11-6/h1-3H,4H2,(H2,10,11). The van der Waals surface area contributed by atoms with E-state index in [9.17, 15) is 0 Å². The van der Waals surface area contributed by atoms with Crippen molar-refractivity contribution in [3.05, 3.63) is 22.7 Å². The summed E-state index contributed by atoms with van der Waals surface area (Å²) in [7, 11) is 0. The van der Waals surface area contributed by atoms with Crippen molar-refractivity contribution in [2.75, 3.05) is 6.61 Å². The van der Waals surface area contributed by atoms with Crippen molar-refractivity contribution in [3.8, 4) is 5.75 Å². The second-order valence-corrected chi connectivity index (χ2v) is 3.33. The molecule has 1 aromatic carbocycles. The summed E-state index contributed by atoms with van der Waals surface area (Å²) in [6, 6.07) is 5.68. The number of amidine groups is 1. The smallest absolute Gasteiger partial charge is 0.159 e. The average Bonchev–Trinajstić information content (AvgIpc) is 2.04. The molecule has 0 saturated heterocycles. The van der Waals surface area contributed by atoms with Crippen molar-refractivity contribution in [2.24, 2.45) is 10.7 Å². The molecule has 4 heteroatoms. The summed E-state index contributed by atoms with van der Waals surface area (Å²) >= 11 is 3.37. The van der Waals surface area contributed by atoms with Crippen molar-refractivity contribution in [1.82, 2.24) is 0 Å². The summed E-state index contributed by atoms with van der Waals surface area (Å²) in [4.78, 5) is 4.15. The first-order valence-electron chi connectivity index (χ1n) is 3.52. The van der Waals surface area contributed by atoms with Crippen LogP contribution in [-0.2, 0) is 0 Å². The first-order valence-corrected chi connectivity index (χ1v) is 4.31. The van der Waals surface area contributed by atoms with Gasteiger partial charge in [-0.25, -0.2) is 4.99 Å². The van der Waals surface area contributed by atoms with Gasteiger partial charge in [0.25, 0.3) is 0 Å². The Hall–Kier alpha value is -1.03. The van der Waals surface area contributed by atoms with Crippen LogP contribution in [0.25, 0.3) is 0 Å². The highest BCUT2D eigenvalue weighted by Crippen LogP contribution is 2.36. The normalized spacial score (nSPS) is 14.6. The lowest BCUT2D eigenvalue weighted by Crippen LogP contribution is -2.23. The molecule has 1 heterocycles. The quantitative estimate of drug-likeness (QED) is 0.734. The van der Waals surface area contributed by atoms with Gasteiger partial charge in [-0.3, -0.25) is 0 Å². The van der Waals surface area contributed by atoms with E-state index in [2.05, 4.69) is 20.9 Å². The van der Waals surface area contributed by atoms with E-state index in [0.717, 1.165) is 15.9 Å². The minimum atomic E-state index is 0.371. The van der Waals surface area contributed by atoms with E-state index in [1.807, 2.05) is 18.2 Å². The molecule has 0 atom stereocenters. The highest BCUT2D eigenvalue weighted by atomic mass is 79.9. The van der Waals surface area contributed by atoms with E-state index in [0.29, 0.717) is 12.4 Å². The maximum absolute atomic E-state index is 5.51. The van der Waals surface area contributed by atoms with Crippen LogP contribution in [0.1, 0.15) is 0 Å². The van der Waals surface area contributed by atoms with Gasteiger partial charge < -0.3 is 10.5 Å². The van der Waals surface area contributed by atoms with E-state index in [1.54, 1.807) is 0 Å². The van der Waals surface area contributed by atoms with Crippen molar-refractivity contribution in [3.63, 3.8) is 0 Å². The summed E-state index contributed by atoms with van der Waals surface area (Å²) in [5, 5.41) is 0. The highest BCUT2D eigenvalue weighted by Gasteiger charge is 2.12. The predicted molar refractivity (Wildman–Crippen MR) is 50.9 cm³/mol. The van der Waals surface area contributed by atoms with E-state index < -0.39 is 0 Å². The van der Waals surface area contributed by atoms with Crippen molar-refractivity contribution >= 4 is 27.5 Å². The fourth-order valence-electron chi connectivity index (χ4n) is 1.06. The fourth-order valence-corrected chi connectivity index (χ4v) is 1.53. The van der Waals surface area contributed by atoms with Gasteiger partial charge in [0.1, 0.15) is 18.1 Å². The number of aliphatic imine (C=N–C) groups is 1. The third kappa shape index (κ3) is 1.18. The zero-order valence-electron chi connectivity index (χ0n) is 6.25. The Balaban J connectivity index is 2.57. The van der Waals surface area contributed by atoms with Crippen LogP contribution >= 0.6 is 15.9 Å². The molecule has 1 aromatic rings. The minimum Gasteiger partial charge on any atom is -0.482 e. The van der Waals surface area contributed by atoms with Crippen LogP contribution in [0.3, 0.4) is 0 Å². The van der Waals surface area contributed by atoms with E-state index >= 15 is 0 Å². The van der Waals surface area contributed by atoms with Gasteiger partial charge in [-0.15, -0.1) is 0 Å². The molecular formula is C8H7BrN2O. The maximum Gasteiger partial charge on any atom is 0.159 e. The summed E-state index contributed by atoms with van der Waals surface area (Å²) in [5.74, 6) is 1.28. The largest absolute Gasteiger partial charge is 0.482 e. The Bertz CT molecular complexity index is 349. The number of rotatable bonds is 0. The number of ether oxygens (including phenoxy) is 1. The maximum atomic E-state index is 5.51. The second-order valence-electron chi connectivity index (χ2n) is 2.48. The van der Waals surface area contributed by atoms with Gasteiger partial charge in [0.05, 0.1) is 4.47 Å². The number of nitrogens with two attached hydrogens (primary N) is 1. The molecule has 1 aliphatic rings. The number of fused-ring (bicyclic) bond motifs is 1. The average molecular weight is 227 g/mol. The number of hydrogen-bond acceptors (Lipinski definition) is 3. The van der Waals surface area contributed by atoms with Gasteiger partial charge in [0, 0.05) is 0 Å². The third-order valence-corrected chi connectivity index (χ3v) is 2.20. The number of nitrogens with zero attached hydrogens (tertiary/aromatic N) is 1. The van der Waals surface area contributed by atoms with Gasteiger partial charge >= 0.3 is 0 Å². The number of para-hydroxylation sites is 1. The fraction of sp³-hybridized carbons (Fsp3) is 0.125. The zero-order chi connectivity index (χ0) is 8.55. The van der Waals surface area contributed by atoms with Crippen molar-refractivity contribution in [1.29, 1.82) is 0 Å². The lowest BCUT2D eigenvalue weighted by atomic mass is 10.3. The second kappa shape index (κ2) is 2.79. The van der Waals surface area contributed by atoms with E-state index in [1.165, 1.54) is 0 Å². The summed E-state index contributed by atoms with van der Waals surface area (Å²) < 4.78 is 6.28. The van der Waals surface area contributed by atoms with Crippen LogP contribution in [0.2, 0.25) is 0 Å². The molecule has 0 aliphatic carbocycles. The van der Waals surface area contributed by atoms with Crippen LogP contribution in [-0.4, -0.2) is 12.4 Å². The van der Waals surface area contributed by atoms with Crippen LogP contribution in [0.4, 0.5) is 5.69 Å². The molecule has 2 rings (SSSR count). The van der Waals surface area contributed by atoms with Crippen molar-refractivity contribution in [2.45, 2.75) is 0 Å². The number of benzene rings is 1. The molecule has 0 saturated carbocycles. The molecule has 0 fully saturated rings. The van der Waals surface area contributed by atoms with Crippen LogP contribution in [0, 0.1) is 0 Å². The summed E-state index contributed by atoms with van der Waals surface area (Å²) in [6.45, 7) is 0.371. The molecule has 0 aromatic heterocycles. The molecule has 62 valence electrons. The van der Waals surface area contributed by atoms with Gasteiger partial charge in [-0.1, -0.05) is 6.07 Å². The zero-order valence-corrected chi connectivity index (χ0v) is 7.84. The monoisotopic (exact) mass is 226 g/mol. The Morgan fingerprint density at radius 2 is 2.33 bits per heavy atom. The van der Waals surface area contributed by atoms with Crippen LogP contribution in [0.5, 0.6) is 5.75 Å². The molecule has 0 amide bonds. The Morgan fingerprint density at radius 3 is 3.17 bits per heavy atom. The molecule has 2 N–H and O–H groups in total. The van der Waals surface area contributed by atoms with Gasteiger partial charge in [0.15, 0.2) is 5.75 Å². The van der Waals surface area contributed by atoms with E-state index in [4.69, 9.17) is 10.5 Å². The summed E-state index contributed by atoms with van der Waals surface area (Å²) in [6.07, 6.45) is 0. The van der Waals surface area contributed by atoms with E-state index in [-0.39, 0.29) is 0 Å². The molecule has 12 heavy (non-hydrogen) atoms. The first-order chi connectivity index (χ1) is 5.77. The van der Waals surface area contributed by atoms with Crippen LogP contribution in [0.15, 0.2) is 27.7 Å². The van der Waals surface area contributed by atoms with Gasteiger partial charge in [0.2, 0.25) is 0 Å². The number of halogens is 1. The summed E-state index contributed by atoms with van der Waals surface area (Å²) in [5.41, 5.74) is 6.29. The molecule has 0 bridgehead atoms. The lowest BCUT2D eigenvalue weighted by Gasteiger charge is -2.15. The predicted octanol–water partition coefficient (Wildman–Crippen LogP) is 1.83. The molecule has 0 radical (unpaired) electrons. The van der Waals surface area contributed by atoms with Crippen molar-refractivity contribution < 1.29 is 4.74 Å². The van der Waals surface area contributed by atoms with Crippen LogP contribution < -0.4 is 10.5 Å². The number of hydrogen-bond donors (Lipinski definition) is 1. The first kappa shape index (κ1) is 7.61. The topological polar surface area (TPSA) is 47.6 Å². The third-order valence-electron chi connectivity index (χ3n) is 1.57. The highest BCUT2D eigenvalue weighted by molar-refractivity contribution is 9.10. The minimum absolute atomic E-state index is 0.371. The molecule has 3 nitrogen and oxygen atoms in total. The SMILES string of the molecule is NC1=Nc2cccc(Br)c2OC1. The Morgan fingerprint density at radius 1 is 1.50 bits per heavy atom. The molecule has 1 aliphatic heterocycles. The lowest BCUT2D eigenvalue weighted by molar-refractivity contribution is 0.368. The molecular weight excluding hydrogens is 220 g/mol. The Kier molecular flexibility index (Phi) is 1.77. The van der Waals surface area contributed by atoms with Gasteiger partial charge in [-0.2, -0.15) is 0 Å². The van der Waals surface area contributed by atoms with Gasteiger partial charge in [-0.05, 0) is 28.1 Å². The molecule has 0 spiro atoms. The Labute approximate surface area is 78.4 Å². The molecule has 0 unspecified atom stereocenters.